The van der Waals surface area contributed by atoms with Crippen molar-refractivity contribution in [3.63, 3.8) is 0 Å². The van der Waals surface area contributed by atoms with Gasteiger partial charge in [0.15, 0.2) is 5.17 Å². The maximum Gasteiger partial charge on any atom is 0.240 e. The van der Waals surface area contributed by atoms with E-state index in [4.69, 9.17) is 4.74 Å². The molecule has 1 saturated heterocycles. The molecule has 0 saturated carbocycles. The molecule has 0 aliphatic carbocycles. The zero-order chi connectivity index (χ0) is 19.2. The summed E-state index contributed by atoms with van der Waals surface area (Å²) in [6.07, 6.45) is -0.0763. The highest BCUT2D eigenvalue weighted by Gasteiger charge is 2.32. The Labute approximate surface area is 160 Å². The van der Waals surface area contributed by atoms with Crippen LogP contribution in [0.3, 0.4) is 0 Å². The van der Waals surface area contributed by atoms with Crippen molar-refractivity contribution in [2.24, 2.45) is 4.99 Å². The van der Waals surface area contributed by atoms with E-state index in [1.165, 1.54) is 30.0 Å². The molecular weight excluding hydrogens is 369 g/mol. The molecule has 1 heterocycles. The number of amides is 2. The van der Waals surface area contributed by atoms with Crippen LogP contribution in [-0.4, -0.2) is 28.8 Å². The molecule has 2 aromatic carbocycles. The van der Waals surface area contributed by atoms with E-state index in [1.807, 2.05) is 6.92 Å². The van der Waals surface area contributed by atoms with Crippen LogP contribution in [0.5, 0.6) is 5.75 Å². The maximum absolute atomic E-state index is 13.6. The van der Waals surface area contributed by atoms with Crippen LogP contribution in [0.15, 0.2) is 53.5 Å². The molecule has 140 valence electrons. The molecule has 2 aromatic rings. The Kier molecular flexibility index (Phi) is 6.08. The fourth-order valence-corrected chi connectivity index (χ4v) is 3.41. The zero-order valence-electron chi connectivity index (χ0n) is 14.6. The van der Waals surface area contributed by atoms with Gasteiger partial charge in [-0.05, 0) is 43.3 Å². The molecular formula is C19H18FN3O3S. The highest BCUT2D eigenvalue weighted by Crippen LogP contribution is 2.26. The summed E-state index contributed by atoms with van der Waals surface area (Å²) < 4.78 is 19.0. The largest absolute Gasteiger partial charge is 0.494 e. The Morgan fingerprint density at radius 1 is 1.26 bits per heavy atom. The Bertz CT molecular complexity index is 871. The minimum absolute atomic E-state index is 0.0763. The summed E-state index contributed by atoms with van der Waals surface area (Å²) in [5, 5.41) is 4.95. The second-order valence-electron chi connectivity index (χ2n) is 5.67. The Morgan fingerprint density at radius 2 is 2.00 bits per heavy atom. The molecule has 1 aliphatic rings. The third-order valence-electron chi connectivity index (χ3n) is 3.67. The Morgan fingerprint density at radius 3 is 2.70 bits per heavy atom. The number of ether oxygens (including phenoxy) is 1. The molecule has 1 fully saturated rings. The average Bonchev–Trinajstić information content (AvgIpc) is 2.98. The minimum atomic E-state index is -0.613. The van der Waals surface area contributed by atoms with Crippen LogP contribution in [0.2, 0.25) is 0 Å². The first-order chi connectivity index (χ1) is 13.0. The Balaban J connectivity index is 1.59. The second kappa shape index (κ2) is 8.68. The van der Waals surface area contributed by atoms with Gasteiger partial charge in [-0.2, -0.15) is 0 Å². The van der Waals surface area contributed by atoms with Crippen molar-refractivity contribution in [3.05, 3.63) is 54.3 Å². The van der Waals surface area contributed by atoms with E-state index in [-0.39, 0.29) is 18.0 Å². The number of nitrogens with one attached hydrogen (secondary N) is 2. The summed E-state index contributed by atoms with van der Waals surface area (Å²) in [6.45, 7) is 2.48. The summed E-state index contributed by atoms with van der Waals surface area (Å²) in [4.78, 5) is 28.6. The van der Waals surface area contributed by atoms with Crippen LogP contribution >= 0.6 is 11.8 Å². The molecule has 0 bridgehead atoms. The SMILES string of the molecule is CCOc1ccc(N=C2NC(=O)C(CC(=O)Nc3ccccc3F)S2)cc1. The molecule has 1 unspecified atom stereocenters. The topological polar surface area (TPSA) is 79.8 Å². The third-order valence-corrected chi connectivity index (χ3v) is 4.76. The monoisotopic (exact) mass is 387 g/mol. The molecule has 2 N–H and O–H groups in total. The molecule has 27 heavy (non-hydrogen) atoms. The number of amidine groups is 1. The lowest BCUT2D eigenvalue weighted by Crippen LogP contribution is -2.28. The molecule has 0 aromatic heterocycles. The van der Waals surface area contributed by atoms with Crippen molar-refractivity contribution in [1.82, 2.24) is 5.32 Å². The maximum atomic E-state index is 13.6. The summed E-state index contributed by atoms with van der Waals surface area (Å²) in [5.74, 6) is -0.511. The number of rotatable bonds is 6. The predicted octanol–water partition coefficient (Wildman–Crippen LogP) is 3.47. The molecule has 2 amide bonds. The number of benzene rings is 2. The molecule has 6 nitrogen and oxygen atoms in total. The molecule has 0 radical (unpaired) electrons. The fraction of sp³-hybridized carbons (Fsp3) is 0.211. The number of halogens is 1. The lowest BCUT2D eigenvalue weighted by atomic mass is 10.2. The van der Waals surface area contributed by atoms with Gasteiger partial charge in [-0.25, -0.2) is 9.38 Å². The number of para-hydroxylation sites is 1. The van der Waals surface area contributed by atoms with Gasteiger partial charge in [0, 0.05) is 6.42 Å². The van der Waals surface area contributed by atoms with Crippen molar-refractivity contribution in [2.45, 2.75) is 18.6 Å². The number of thioether (sulfide) groups is 1. The summed E-state index contributed by atoms with van der Waals surface area (Å²) in [7, 11) is 0. The minimum Gasteiger partial charge on any atom is -0.494 e. The fourth-order valence-electron chi connectivity index (χ4n) is 2.43. The molecule has 1 aliphatic heterocycles. The lowest BCUT2D eigenvalue weighted by Gasteiger charge is -2.08. The number of anilines is 1. The first kappa shape index (κ1) is 18.9. The van der Waals surface area contributed by atoms with E-state index >= 15 is 0 Å². The van der Waals surface area contributed by atoms with E-state index in [1.54, 1.807) is 30.3 Å². The van der Waals surface area contributed by atoms with E-state index < -0.39 is 17.0 Å². The quantitative estimate of drug-likeness (QED) is 0.795. The number of nitrogens with zero attached hydrogens (tertiary/aromatic N) is 1. The summed E-state index contributed by atoms with van der Waals surface area (Å²) >= 11 is 1.17. The Hall–Kier alpha value is -2.87. The lowest BCUT2D eigenvalue weighted by molar-refractivity contribution is -0.122. The van der Waals surface area contributed by atoms with Crippen LogP contribution < -0.4 is 15.4 Å². The summed E-state index contributed by atoms with van der Waals surface area (Å²) in [5.41, 5.74) is 0.756. The van der Waals surface area contributed by atoms with Gasteiger partial charge in [-0.15, -0.1) is 0 Å². The van der Waals surface area contributed by atoms with E-state index in [9.17, 15) is 14.0 Å². The average molecular weight is 387 g/mol. The highest BCUT2D eigenvalue weighted by atomic mass is 32.2. The molecule has 3 rings (SSSR count). The first-order valence-corrected chi connectivity index (χ1v) is 9.26. The third kappa shape index (κ3) is 5.07. The van der Waals surface area contributed by atoms with Crippen LogP contribution in [-0.2, 0) is 9.59 Å². The van der Waals surface area contributed by atoms with Crippen LogP contribution in [0, 0.1) is 5.82 Å². The van der Waals surface area contributed by atoms with Gasteiger partial charge in [-0.3, -0.25) is 9.59 Å². The first-order valence-electron chi connectivity index (χ1n) is 8.38. The van der Waals surface area contributed by atoms with Crippen molar-refractivity contribution in [2.75, 3.05) is 11.9 Å². The van der Waals surface area contributed by atoms with Gasteiger partial charge >= 0.3 is 0 Å². The molecule has 0 spiro atoms. The summed E-state index contributed by atoms with van der Waals surface area (Å²) in [6, 6.07) is 13.0. The molecule has 8 heteroatoms. The standard InChI is InChI=1S/C19H18FN3O3S/c1-2-26-13-9-7-12(8-10-13)21-19-23-18(25)16(27-19)11-17(24)22-15-6-4-3-5-14(15)20/h3-10,16H,2,11H2,1H3,(H,22,24)(H,21,23,25). The van der Waals surface area contributed by atoms with Crippen molar-refractivity contribution >= 4 is 40.1 Å². The van der Waals surface area contributed by atoms with Crippen LogP contribution in [0.25, 0.3) is 0 Å². The second-order valence-corrected chi connectivity index (χ2v) is 6.86. The number of carbonyl (C=O) groups is 2. The zero-order valence-corrected chi connectivity index (χ0v) is 15.4. The van der Waals surface area contributed by atoms with Crippen molar-refractivity contribution in [3.8, 4) is 5.75 Å². The van der Waals surface area contributed by atoms with Gasteiger partial charge in [0.1, 0.15) is 16.8 Å². The highest BCUT2D eigenvalue weighted by molar-refractivity contribution is 8.15. The van der Waals surface area contributed by atoms with Gasteiger partial charge < -0.3 is 15.4 Å². The van der Waals surface area contributed by atoms with Gasteiger partial charge in [0.05, 0.1) is 18.0 Å². The number of hydrogen-bond acceptors (Lipinski definition) is 5. The predicted molar refractivity (Wildman–Crippen MR) is 104 cm³/mol. The van der Waals surface area contributed by atoms with E-state index in [0.29, 0.717) is 17.5 Å². The van der Waals surface area contributed by atoms with E-state index in [0.717, 1.165) is 5.75 Å². The van der Waals surface area contributed by atoms with Gasteiger partial charge in [-0.1, -0.05) is 23.9 Å². The van der Waals surface area contributed by atoms with Crippen LogP contribution in [0.1, 0.15) is 13.3 Å². The number of carbonyl (C=O) groups excluding carboxylic acids is 2. The van der Waals surface area contributed by atoms with Gasteiger partial charge in [0.2, 0.25) is 11.8 Å². The van der Waals surface area contributed by atoms with E-state index in [2.05, 4.69) is 15.6 Å². The van der Waals surface area contributed by atoms with Crippen molar-refractivity contribution < 1.29 is 18.7 Å². The smallest absolute Gasteiger partial charge is 0.240 e. The number of hydrogen-bond donors (Lipinski definition) is 2. The molecule has 1 atom stereocenters. The van der Waals surface area contributed by atoms with Crippen LogP contribution in [0.4, 0.5) is 15.8 Å². The van der Waals surface area contributed by atoms with Gasteiger partial charge in [0.25, 0.3) is 0 Å². The van der Waals surface area contributed by atoms with Crippen molar-refractivity contribution in [1.29, 1.82) is 0 Å². The number of aliphatic imine (C=N–C) groups is 1. The normalized spacial score (nSPS) is 17.6.